The van der Waals surface area contributed by atoms with Crippen LogP contribution in [0.4, 0.5) is 5.69 Å². The van der Waals surface area contributed by atoms with Crippen molar-refractivity contribution in [2.75, 3.05) is 12.4 Å². The SMILES string of the molecule is COc1ccccc1NC(=O)c1ccc(Cn2cnc3ccccc3c2=O)o1. The lowest BCUT2D eigenvalue weighted by molar-refractivity contribution is 0.0994. The van der Waals surface area contributed by atoms with Gasteiger partial charge in [0.15, 0.2) is 5.76 Å². The van der Waals surface area contributed by atoms with E-state index >= 15 is 0 Å². The fourth-order valence-corrected chi connectivity index (χ4v) is 2.90. The van der Waals surface area contributed by atoms with Crippen molar-refractivity contribution in [2.45, 2.75) is 6.54 Å². The first-order valence-corrected chi connectivity index (χ1v) is 8.63. The normalized spacial score (nSPS) is 10.8. The lowest BCUT2D eigenvalue weighted by Crippen LogP contribution is -2.20. The van der Waals surface area contributed by atoms with Crippen molar-refractivity contribution in [2.24, 2.45) is 0 Å². The van der Waals surface area contributed by atoms with Crippen LogP contribution in [-0.2, 0) is 6.54 Å². The molecule has 0 atom stereocenters. The molecule has 0 bridgehead atoms. The number of methoxy groups -OCH3 is 1. The molecule has 0 fully saturated rings. The van der Waals surface area contributed by atoms with Crippen LogP contribution in [-0.4, -0.2) is 22.6 Å². The maximum Gasteiger partial charge on any atom is 0.291 e. The second kappa shape index (κ2) is 7.40. The smallest absolute Gasteiger partial charge is 0.291 e. The highest BCUT2D eigenvalue weighted by molar-refractivity contribution is 6.03. The molecule has 0 radical (unpaired) electrons. The molecule has 28 heavy (non-hydrogen) atoms. The van der Waals surface area contributed by atoms with Crippen molar-refractivity contribution in [3.8, 4) is 5.75 Å². The lowest BCUT2D eigenvalue weighted by atomic mass is 10.2. The average molecular weight is 375 g/mol. The minimum Gasteiger partial charge on any atom is -0.495 e. The van der Waals surface area contributed by atoms with Gasteiger partial charge in [-0.1, -0.05) is 24.3 Å². The van der Waals surface area contributed by atoms with Gasteiger partial charge in [0.1, 0.15) is 11.5 Å². The molecular weight excluding hydrogens is 358 g/mol. The Kier molecular flexibility index (Phi) is 4.63. The van der Waals surface area contributed by atoms with Gasteiger partial charge in [-0.3, -0.25) is 14.2 Å². The van der Waals surface area contributed by atoms with E-state index in [1.807, 2.05) is 12.1 Å². The van der Waals surface area contributed by atoms with Crippen LogP contribution in [0.25, 0.3) is 10.9 Å². The molecule has 0 aliphatic rings. The Morgan fingerprint density at radius 1 is 1.11 bits per heavy atom. The third-order valence-corrected chi connectivity index (χ3v) is 4.30. The zero-order valence-corrected chi connectivity index (χ0v) is 15.1. The van der Waals surface area contributed by atoms with Crippen molar-refractivity contribution in [3.63, 3.8) is 0 Å². The van der Waals surface area contributed by atoms with Crippen molar-refractivity contribution < 1.29 is 13.9 Å². The molecular formula is C21H17N3O4. The number of nitrogens with zero attached hydrogens (tertiary/aromatic N) is 2. The van der Waals surface area contributed by atoms with E-state index in [0.717, 1.165) is 0 Å². The van der Waals surface area contributed by atoms with Crippen LogP contribution in [0.2, 0.25) is 0 Å². The Hall–Kier alpha value is -3.87. The number of anilines is 1. The summed E-state index contributed by atoms with van der Waals surface area (Å²) in [4.78, 5) is 29.3. The van der Waals surface area contributed by atoms with Crippen LogP contribution in [0, 0.1) is 0 Å². The number of nitrogens with one attached hydrogen (secondary N) is 1. The molecule has 1 amide bonds. The van der Waals surface area contributed by atoms with Crippen molar-refractivity contribution in [1.82, 2.24) is 9.55 Å². The molecule has 0 saturated heterocycles. The molecule has 0 aliphatic carbocycles. The molecule has 4 rings (SSSR count). The van der Waals surface area contributed by atoms with Gasteiger partial charge in [-0.2, -0.15) is 0 Å². The monoisotopic (exact) mass is 375 g/mol. The van der Waals surface area contributed by atoms with E-state index in [4.69, 9.17) is 9.15 Å². The zero-order valence-electron chi connectivity index (χ0n) is 15.1. The summed E-state index contributed by atoms with van der Waals surface area (Å²) in [7, 11) is 1.53. The van der Waals surface area contributed by atoms with Crippen molar-refractivity contribution >= 4 is 22.5 Å². The summed E-state index contributed by atoms with van der Waals surface area (Å²) >= 11 is 0. The number of benzene rings is 2. The van der Waals surface area contributed by atoms with Gasteiger partial charge in [-0.15, -0.1) is 0 Å². The van der Waals surface area contributed by atoms with E-state index in [-0.39, 0.29) is 17.9 Å². The molecule has 4 aromatic rings. The molecule has 2 heterocycles. The fourth-order valence-electron chi connectivity index (χ4n) is 2.90. The number of aromatic nitrogens is 2. The molecule has 0 unspecified atom stereocenters. The van der Waals surface area contributed by atoms with Gasteiger partial charge in [-0.25, -0.2) is 4.98 Å². The van der Waals surface area contributed by atoms with E-state index in [1.165, 1.54) is 18.0 Å². The Morgan fingerprint density at radius 3 is 2.75 bits per heavy atom. The number of hydrogen-bond acceptors (Lipinski definition) is 5. The van der Waals surface area contributed by atoms with E-state index in [9.17, 15) is 9.59 Å². The third-order valence-electron chi connectivity index (χ3n) is 4.30. The number of carbonyl (C=O) groups excluding carboxylic acids is 1. The van der Waals surface area contributed by atoms with Gasteiger partial charge in [-0.05, 0) is 36.4 Å². The standard InChI is InChI=1S/C21H17N3O4/c1-27-18-9-5-4-8-17(18)23-20(25)19-11-10-14(28-19)12-24-13-22-16-7-3-2-6-15(16)21(24)26/h2-11,13H,12H2,1H3,(H,23,25). The number of rotatable bonds is 5. The van der Waals surface area contributed by atoms with Crippen molar-refractivity contribution in [3.05, 3.63) is 88.9 Å². The van der Waals surface area contributed by atoms with Crippen LogP contribution >= 0.6 is 0 Å². The summed E-state index contributed by atoms with van der Waals surface area (Å²) in [6, 6.07) is 17.5. The molecule has 0 aliphatic heterocycles. The quantitative estimate of drug-likeness (QED) is 0.578. The second-order valence-corrected chi connectivity index (χ2v) is 6.12. The zero-order chi connectivity index (χ0) is 19.5. The number of ether oxygens (including phenoxy) is 1. The van der Waals surface area contributed by atoms with Crippen LogP contribution in [0.3, 0.4) is 0 Å². The predicted molar refractivity (Wildman–Crippen MR) is 105 cm³/mol. The highest BCUT2D eigenvalue weighted by Crippen LogP contribution is 2.24. The fraction of sp³-hybridized carbons (Fsp3) is 0.0952. The molecule has 140 valence electrons. The Bertz CT molecular complexity index is 1210. The summed E-state index contributed by atoms with van der Waals surface area (Å²) < 4.78 is 12.3. The summed E-state index contributed by atoms with van der Waals surface area (Å²) in [5, 5.41) is 3.28. The first kappa shape index (κ1) is 17.5. The number of fused-ring (bicyclic) bond motifs is 1. The van der Waals surface area contributed by atoms with Gasteiger partial charge in [0.05, 0.1) is 36.6 Å². The highest BCUT2D eigenvalue weighted by atomic mass is 16.5. The van der Waals surface area contributed by atoms with Crippen LogP contribution in [0.1, 0.15) is 16.3 Å². The lowest BCUT2D eigenvalue weighted by Gasteiger charge is -2.08. The number of carbonyl (C=O) groups is 1. The molecule has 0 spiro atoms. The summed E-state index contributed by atoms with van der Waals surface area (Å²) in [6.07, 6.45) is 1.47. The number of amides is 1. The maximum absolute atomic E-state index is 12.6. The van der Waals surface area contributed by atoms with Gasteiger partial charge in [0.2, 0.25) is 0 Å². The van der Waals surface area contributed by atoms with Gasteiger partial charge >= 0.3 is 0 Å². The van der Waals surface area contributed by atoms with Gasteiger partial charge in [0.25, 0.3) is 11.5 Å². The topological polar surface area (TPSA) is 86.4 Å². The molecule has 7 nitrogen and oxygen atoms in total. The van der Waals surface area contributed by atoms with Gasteiger partial charge in [0, 0.05) is 0 Å². The van der Waals surface area contributed by atoms with Crippen molar-refractivity contribution in [1.29, 1.82) is 0 Å². The average Bonchev–Trinajstić information content (AvgIpc) is 3.19. The third kappa shape index (κ3) is 3.37. The highest BCUT2D eigenvalue weighted by Gasteiger charge is 2.14. The first-order valence-electron chi connectivity index (χ1n) is 8.63. The molecule has 2 aromatic carbocycles. The number of hydrogen-bond donors (Lipinski definition) is 1. The largest absolute Gasteiger partial charge is 0.495 e. The predicted octanol–water partition coefficient (Wildman–Crippen LogP) is 3.30. The Labute approximate surface area is 160 Å². The Morgan fingerprint density at radius 2 is 1.89 bits per heavy atom. The van der Waals surface area contributed by atoms with E-state index in [0.29, 0.717) is 28.1 Å². The van der Waals surface area contributed by atoms with Crippen LogP contribution in [0.5, 0.6) is 5.75 Å². The second-order valence-electron chi connectivity index (χ2n) is 6.12. The van der Waals surface area contributed by atoms with E-state index in [1.54, 1.807) is 48.5 Å². The minimum absolute atomic E-state index is 0.141. The number of furan rings is 1. The van der Waals surface area contributed by atoms with Crippen LogP contribution in [0.15, 0.2) is 76.2 Å². The molecule has 1 N–H and O–H groups in total. The minimum atomic E-state index is -0.403. The maximum atomic E-state index is 12.6. The summed E-state index contributed by atoms with van der Waals surface area (Å²) in [5.41, 5.74) is 1.02. The molecule has 2 aromatic heterocycles. The first-order chi connectivity index (χ1) is 13.7. The van der Waals surface area contributed by atoms with E-state index < -0.39 is 5.91 Å². The number of para-hydroxylation sites is 3. The van der Waals surface area contributed by atoms with Crippen LogP contribution < -0.4 is 15.6 Å². The Balaban J connectivity index is 1.54. The van der Waals surface area contributed by atoms with E-state index in [2.05, 4.69) is 10.3 Å². The molecule has 0 saturated carbocycles. The molecule has 7 heteroatoms. The summed E-state index contributed by atoms with van der Waals surface area (Å²) in [5.74, 6) is 0.767. The summed E-state index contributed by atoms with van der Waals surface area (Å²) in [6.45, 7) is 0.179. The van der Waals surface area contributed by atoms with Gasteiger partial charge < -0.3 is 14.5 Å².